The number of methoxy groups -OCH3 is 1. The number of fused-ring (bicyclic) bond motifs is 5. The topological polar surface area (TPSA) is 117 Å². The molecule has 1 aromatic carbocycles. The summed E-state index contributed by atoms with van der Waals surface area (Å²) >= 11 is 0. The summed E-state index contributed by atoms with van der Waals surface area (Å²) in [6.07, 6.45) is 0.0485. The molecule has 1 atom stereocenters. The minimum Gasteiger partial charge on any atom is -0.494 e. The van der Waals surface area contributed by atoms with E-state index >= 15 is 0 Å². The second kappa shape index (κ2) is 6.02. The van der Waals surface area contributed by atoms with Crippen LogP contribution < -0.4 is 16.0 Å². The van der Waals surface area contributed by atoms with Gasteiger partial charge < -0.3 is 24.9 Å². The minimum absolute atomic E-state index is 0.0442. The van der Waals surface area contributed by atoms with Crippen LogP contribution in [0.5, 0.6) is 5.75 Å². The Morgan fingerprint density at radius 1 is 1.33 bits per heavy atom. The highest BCUT2D eigenvalue weighted by molar-refractivity contribution is 5.97. The standard InChI is InChI=1S/C21H18FN3O5/c1-3-21(28)12-5-15-18-10(7-25(15)19(26)11(12)8-30-20(21)27)17(23)9-4-16(29-2)13(22)6-14(9)24-18/h4-6,28H,3,7-8H2,1-2H3,(H2,23,24)/t21-/m0/s1. The Balaban J connectivity index is 1.81. The lowest BCUT2D eigenvalue weighted by atomic mass is 9.86. The molecule has 9 heteroatoms. The van der Waals surface area contributed by atoms with E-state index in [0.717, 1.165) is 0 Å². The first-order chi connectivity index (χ1) is 14.3. The highest BCUT2D eigenvalue weighted by atomic mass is 19.1. The maximum absolute atomic E-state index is 14.2. The number of cyclic esters (lactones) is 1. The number of carbonyl (C=O) groups excluding carboxylic acids is 1. The van der Waals surface area contributed by atoms with Crippen molar-refractivity contribution in [2.45, 2.75) is 32.1 Å². The first-order valence-electron chi connectivity index (χ1n) is 9.43. The second-order valence-electron chi connectivity index (χ2n) is 7.46. The fourth-order valence-electron chi connectivity index (χ4n) is 4.27. The number of esters is 1. The third-order valence-electron chi connectivity index (χ3n) is 6.01. The molecule has 154 valence electrons. The molecule has 8 nitrogen and oxygen atoms in total. The quantitative estimate of drug-likeness (QED) is 0.483. The number of nitrogens with zero attached hydrogens (tertiary/aromatic N) is 2. The number of ether oxygens (including phenoxy) is 2. The van der Waals surface area contributed by atoms with Crippen LogP contribution in [-0.2, 0) is 28.3 Å². The lowest BCUT2D eigenvalue weighted by Crippen LogP contribution is -2.44. The van der Waals surface area contributed by atoms with E-state index in [-0.39, 0.29) is 42.0 Å². The smallest absolute Gasteiger partial charge is 0.343 e. The summed E-state index contributed by atoms with van der Waals surface area (Å²) in [5.41, 5.74) is 6.65. The predicted molar refractivity (Wildman–Crippen MR) is 105 cm³/mol. The Bertz CT molecular complexity index is 1330. The van der Waals surface area contributed by atoms with E-state index in [1.165, 1.54) is 23.8 Å². The van der Waals surface area contributed by atoms with Gasteiger partial charge in [0.1, 0.15) is 6.61 Å². The molecule has 4 heterocycles. The van der Waals surface area contributed by atoms with Gasteiger partial charge in [0.15, 0.2) is 17.2 Å². The Kier molecular flexibility index (Phi) is 3.73. The molecular weight excluding hydrogens is 393 g/mol. The van der Waals surface area contributed by atoms with Crippen molar-refractivity contribution in [3.63, 3.8) is 0 Å². The molecular formula is C21H18FN3O5. The molecule has 0 saturated heterocycles. The zero-order chi connectivity index (χ0) is 21.4. The highest BCUT2D eigenvalue weighted by Crippen LogP contribution is 2.41. The molecule has 3 N–H and O–H groups in total. The van der Waals surface area contributed by atoms with Crippen molar-refractivity contribution in [3.05, 3.63) is 51.1 Å². The van der Waals surface area contributed by atoms with Crippen LogP contribution in [0.1, 0.15) is 30.0 Å². The summed E-state index contributed by atoms with van der Waals surface area (Å²) in [6.45, 7) is 1.60. The summed E-state index contributed by atoms with van der Waals surface area (Å²) in [5.74, 6) is -1.33. The normalized spacial score (nSPS) is 19.3. The lowest BCUT2D eigenvalue weighted by Gasteiger charge is -2.31. The van der Waals surface area contributed by atoms with E-state index in [1.54, 1.807) is 13.0 Å². The van der Waals surface area contributed by atoms with Gasteiger partial charge in [0, 0.05) is 28.3 Å². The van der Waals surface area contributed by atoms with Gasteiger partial charge in [-0.2, -0.15) is 0 Å². The zero-order valence-electron chi connectivity index (χ0n) is 16.3. The van der Waals surface area contributed by atoms with Crippen LogP contribution >= 0.6 is 0 Å². The molecule has 0 saturated carbocycles. The number of hydrogen-bond donors (Lipinski definition) is 2. The number of benzene rings is 1. The number of aromatic nitrogens is 2. The van der Waals surface area contributed by atoms with Gasteiger partial charge in [-0.3, -0.25) is 4.79 Å². The number of halogens is 1. The molecule has 0 unspecified atom stereocenters. The lowest BCUT2D eigenvalue weighted by molar-refractivity contribution is -0.172. The van der Waals surface area contributed by atoms with E-state index in [0.29, 0.717) is 33.5 Å². The van der Waals surface area contributed by atoms with E-state index in [4.69, 9.17) is 15.2 Å². The number of aliphatic hydroxyl groups is 1. The van der Waals surface area contributed by atoms with Crippen LogP contribution in [0.4, 0.5) is 10.1 Å². The Morgan fingerprint density at radius 2 is 2.10 bits per heavy atom. The van der Waals surface area contributed by atoms with Gasteiger partial charge in [0.25, 0.3) is 5.56 Å². The number of rotatable bonds is 2. The predicted octanol–water partition coefficient (Wildman–Crippen LogP) is 1.81. The van der Waals surface area contributed by atoms with Crippen molar-refractivity contribution < 1.29 is 23.8 Å². The van der Waals surface area contributed by atoms with Crippen molar-refractivity contribution in [2.24, 2.45) is 0 Å². The zero-order valence-corrected chi connectivity index (χ0v) is 16.3. The van der Waals surface area contributed by atoms with Gasteiger partial charge in [-0.25, -0.2) is 14.2 Å². The SMILES string of the molecule is CC[C@@]1(O)C(=O)OCc2c1cc1n(c2=O)Cc2c-1nc1cc(F)c(OC)cc1c2N. The number of nitrogen functional groups attached to an aromatic ring is 1. The number of carbonyl (C=O) groups is 1. The third-order valence-corrected chi connectivity index (χ3v) is 6.01. The molecule has 30 heavy (non-hydrogen) atoms. The van der Waals surface area contributed by atoms with Crippen LogP contribution in [-0.4, -0.2) is 27.7 Å². The molecule has 0 amide bonds. The molecule has 0 aliphatic carbocycles. The molecule has 3 aromatic rings. The van der Waals surface area contributed by atoms with E-state index in [1.807, 2.05) is 0 Å². The third kappa shape index (κ3) is 2.20. The maximum Gasteiger partial charge on any atom is 0.343 e. The number of pyridine rings is 2. The molecule has 5 rings (SSSR count). The van der Waals surface area contributed by atoms with Crippen molar-refractivity contribution in [1.82, 2.24) is 9.55 Å². The molecule has 2 aliphatic rings. The highest BCUT2D eigenvalue weighted by Gasteiger charge is 2.45. The average Bonchev–Trinajstić information content (AvgIpc) is 3.10. The van der Waals surface area contributed by atoms with E-state index < -0.39 is 17.4 Å². The summed E-state index contributed by atoms with van der Waals surface area (Å²) < 4.78 is 25.8. The molecule has 2 aromatic heterocycles. The second-order valence-corrected chi connectivity index (χ2v) is 7.46. The average molecular weight is 411 g/mol. The van der Waals surface area contributed by atoms with Crippen molar-refractivity contribution >= 4 is 22.6 Å². The van der Waals surface area contributed by atoms with Crippen LogP contribution in [0.3, 0.4) is 0 Å². The summed E-state index contributed by atoms with van der Waals surface area (Å²) in [7, 11) is 1.36. The summed E-state index contributed by atoms with van der Waals surface area (Å²) in [4.78, 5) is 29.9. The Labute approximate surface area is 169 Å². The molecule has 0 bridgehead atoms. The first-order valence-corrected chi connectivity index (χ1v) is 9.43. The summed E-state index contributed by atoms with van der Waals surface area (Å²) in [5, 5.41) is 11.4. The van der Waals surface area contributed by atoms with Crippen LogP contribution in [0.25, 0.3) is 22.3 Å². The molecule has 0 radical (unpaired) electrons. The first kappa shape index (κ1) is 18.6. The van der Waals surface area contributed by atoms with Gasteiger partial charge in [-0.15, -0.1) is 0 Å². The minimum atomic E-state index is -1.91. The number of nitrogens with two attached hydrogens (primary N) is 1. The van der Waals surface area contributed by atoms with E-state index in [2.05, 4.69) is 4.98 Å². The van der Waals surface area contributed by atoms with Gasteiger partial charge in [-0.05, 0) is 18.6 Å². The number of hydrogen-bond acceptors (Lipinski definition) is 7. The van der Waals surface area contributed by atoms with Crippen LogP contribution in [0.2, 0.25) is 0 Å². The van der Waals surface area contributed by atoms with Crippen molar-refractivity contribution in [1.29, 1.82) is 0 Å². The number of anilines is 1. The Morgan fingerprint density at radius 3 is 2.80 bits per heavy atom. The van der Waals surface area contributed by atoms with Gasteiger partial charge >= 0.3 is 5.97 Å². The van der Waals surface area contributed by atoms with Gasteiger partial charge in [0.2, 0.25) is 0 Å². The van der Waals surface area contributed by atoms with Crippen LogP contribution in [0.15, 0.2) is 23.0 Å². The van der Waals surface area contributed by atoms with Gasteiger partial charge in [0.05, 0.1) is 36.1 Å². The van der Waals surface area contributed by atoms with Crippen molar-refractivity contribution in [2.75, 3.05) is 12.8 Å². The molecule has 2 aliphatic heterocycles. The van der Waals surface area contributed by atoms with Crippen LogP contribution in [0, 0.1) is 5.82 Å². The van der Waals surface area contributed by atoms with E-state index in [9.17, 15) is 19.1 Å². The van der Waals surface area contributed by atoms with Gasteiger partial charge in [-0.1, -0.05) is 6.92 Å². The Hall–Kier alpha value is -3.46. The fraction of sp³-hybridized carbons (Fsp3) is 0.286. The largest absolute Gasteiger partial charge is 0.494 e. The maximum atomic E-state index is 14.2. The molecule has 0 spiro atoms. The summed E-state index contributed by atoms with van der Waals surface area (Å²) in [6, 6.07) is 4.29. The monoisotopic (exact) mass is 411 g/mol. The fourth-order valence-corrected chi connectivity index (χ4v) is 4.27. The van der Waals surface area contributed by atoms with Crippen molar-refractivity contribution in [3.8, 4) is 17.1 Å². The molecule has 0 fully saturated rings.